The zero-order valence-electron chi connectivity index (χ0n) is 14.4. The SMILES string of the molecule is CC[C@@H](CNC(=O)[C@@H](C)n1cncn1)N1CCc2ccccc2C1. The fourth-order valence-electron chi connectivity index (χ4n) is 3.26. The van der Waals surface area contributed by atoms with Crippen LogP contribution in [0.3, 0.4) is 0 Å². The molecule has 0 saturated carbocycles. The van der Waals surface area contributed by atoms with Crippen LogP contribution in [0.25, 0.3) is 0 Å². The molecule has 1 aliphatic heterocycles. The van der Waals surface area contributed by atoms with E-state index in [0.29, 0.717) is 12.6 Å². The van der Waals surface area contributed by atoms with Gasteiger partial charge in [-0.2, -0.15) is 5.10 Å². The van der Waals surface area contributed by atoms with Gasteiger partial charge in [0.05, 0.1) is 0 Å². The summed E-state index contributed by atoms with van der Waals surface area (Å²) in [7, 11) is 0. The Hall–Kier alpha value is -2.21. The van der Waals surface area contributed by atoms with Gasteiger partial charge in [-0.3, -0.25) is 9.69 Å². The summed E-state index contributed by atoms with van der Waals surface area (Å²) in [4.78, 5) is 18.7. The number of hydrogen-bond donors (Lipinski definition) is 1. The summed E-state index contributed by atoms with van der Waals surface area (Å²) in [5.74, 6) is -0.0173. The van der Waals surface area contributed by atoms with E-state index in [1.807, 2.05) is 6.92 Å². The van der Waals surface area contributed by atoms with Crippen LogP contribution in [0.2, 0.25) is 0 Å². The summed E-state index contributed by atoms with van der Waals surface area (Å²) in [6.07, 6.45) is 5.11. The maximum absolute atomic E-state index is 12.3. The number of aromatic nitrogens is 3. The molecule has 0 spiro atoms. The van der Waals surface area contributed by atoms with Crippen LogP contribution < -0.4 is 5.32 Å². The van der Waals surface area contributed by atoms with Gasteiger partial charge in [-0.25, -0.2) is 9.67 Å². The quantitative estimate of drug-likeness (QED) is 0.879. The predicted octanol–water partition coefficient (Wildman–Crippen LogP) is 1.79. The van der Waals surface area contributed by atoms with E-state index in [1.165, 1.54) is 17.5 Å². The highest BCUT2D eigenvalue weighted by atomic mass is 16.2. The van der Waals surface area contributed by atoms with Crippen molar-refractivity contribution in [2.24, 2.45) is 0 Å². The van der Waals surface area contributed by atoms with Crippen LogP contribution in [-0.4, -0.2) is 44.7 Å². The monoisotopic (exact) mass is 327 g/mol. The third-order valence-corrected chi connectivity index (χ3v) is 4.87. The first-order valence-corrected chi connectivity index (χ1v) is 8.61. The van der Waals surface area contributed by atoms with E-state index in [0.717, 1.165) is 25.9 Å². The van der Waals surface area contributed by atoms with Gasteiger partial charge in [0.1, 0.15) is 18.7 Å². The van der Waals surface area contributed by atoms with Crippen LogP contribution in [0.4, 0.5) is 0 Å². The Bertz CT molecular complexity index is 670. The molecule has 1 amide bonds. The van der Waals surface area contributed by atoms with Crippen LogP contribution in [0.5, 0.6) is 0 Å². The van der Waals surface area contributed by atoms with E-state index < -0.39 is 0 Å². The van der Waals surface area contributed by atoms with Crippen LogP contribution >= 0.6 is 0 Å². The lowest BCUT2D eigenvalue weighted by Gasteiger charge is -2.35. The number of hydrogen-bond acceptors (Lipinski definition) is 4. The third kappa shape index (κ3) is 3.64. The van der Waals surface area contributed by atoms with Crippen molar-refractivity contribution < 1.29 is 4.79 Å². The van der Waals surface area contributed by atoms with Crippen molar-refractivity contribution in [3.63, 3.8) is 0 Å². The number of amides is 1. The minimum Gasteiger partial charge on any atom is -0.353 e. The molecule has 0 fully saturated rings. The Morgan fingerprint density at radius 2 is 2.12 bits per heavy atom. The van der Waals surface area contributed by atoms with Crippen LogP contribution in [0.1, 0.15) is 37.4 Å². The second-order valence-electron chi connectivity index (χ2n) is 6.35. The highest BCUT2D eigenvalue weighted by molar-refractivity contribution is 5.79. The van der Waals surface area contributed by atoms with Crippen LogP contribution in [0.15, 0.2) is 36.9 Å². The summed E-state index contributed by atoms with van der Waals surface area (Å²) in [5, 5.41) is 7.11. The summed E-state index contributed by atoms with van der Waals surface area (Å²) in [5.41, 5.74) is 2.86. The number of carbonyl (C=O) groups excluding carboxylic acids is 1. The average Bonchev–Trinajstić information content (AvgIpc) is 3.16. The smallest absolute Gasteiger partial charge is 0.244 e. The highest BCUT2D eigenvalue weighted by Crippen LogP contribution is 2.21. The summed E-state index contributed by atoms with van der Waals surface area (Å²) in [6.45, 7) is 6.68. The topological polar surface area (TPSA) is 63.1 Å². The van der Waals surface area contributed by atoms with E-state index >= 15 is 0 Å². The van der Waals surface area contributed by atoms with Gasteiger partial charge in [0.2, 0.25) is 5.91 Å². The van der Waals surface area contributed by atoms with E-state index in [1.54, 1.807) is 11.0 Å². The molecule has 6 heteroatoms. The van der Waals surface area contributed by atoms with Crippen molar-refractivity contribution >= 4 is 5.91 Å². The minimum absolute atomic E-state index is 0.0173. The zero-order valence-corrected chi connectivity index (χ0v) is 14.4. The first kappa shape index (κ1) is 16.6. The van der Waals surface area contributed by atoms with Crippen LogP contribution in [-0.2, 0) is 17.8 Å². The van der Waals surface area contributed by atoms with E-state index in [9.17, 15) is 4.79 Å². The van der Waals surface area contributed by atoms with Gasteiger partial charge in [-0.1, -0.05) is 31.2 Å². The van der Waals surface area contributed by atoms with E-state index in [2.05, 4.69) is 51.5 Å². The predicted molar refractivity (Wildman–Crippen MR) is 92.4 cm³/mol. The number of rotatable bonds is 6. The summed E-state index contributed by atoms with van der Waals surface area (Å²) >= 11 is 0. The minimum atomic E-state index is -0.341. The Morgan fingerprint density at radius 1 is 1.33 bits per heavy atom. The average molecular weight is 327 g/mol. The molecular formula is C18H25N5O. The highest BCUT2D eigenvalue weighted by Gasteiger charge is 2.23. The van der Waals surface area contributed by atoms with Crippen molar-refractivity contribution in [2.45, 2.75) is 45.3 Å². The molecular weight excluding hydrogens is 302 g/mol. The lowest BCUT2D eigenvalue weighted by Crippen LogP contribution is -2.46. The maximum Gasteiger partial charge on any atom is 0.244 e. The van der Waals surface area contributed by atoms with Gasteiger partial charge in [0.15, 0.2) is 0 Å². The number of nitrogens with one attached hydrogen (secondary N) is 1. The molecule has 0 saturated heterocycles. The molecule has 1 aromatic heterocycles. The lowest BCUT2D eigenvalue weighted by atomic mass is 9.98. The lowest BCUT2D eigenvalue weighted by molar-refractivity contribution is -0.124. The summed E-state index contributed by atoms with van der Waals surface area (Å²) < 4.78 is 1.58. The van der Waals surface area contributed by atoms with Gasteiger partial charge in [-0.05, 0) is 30.9 Å². The second-order valence-corrected chi connectivity index (χ2v) is 6.35. The number of fused-ring (bicyclic) bond motifs is 1. The maximum atomic E-state index is 12.3. The molecule has 128 valence electrons. The number of carbonyl (C=O) groups is 1. The van der Waals surface area contributed by atoms with Gasteiger partial charge in [0, 0.05) is 25.7 Å². The molecule has 3 rings (SSSR count). The molecule has 2 heterocycles. The summed E-state index contributed by atoms with van der Waals surface area (Å²) in [6, 6.07) is 8.65. The van der Waals surface area contributed by atoms with Gasteiger partial charge >= 0.3 is 0 Å². The standard InChI is InChI=1S/C18H25N5O/c1-3-17(10-20-18(24)14(2)23-13-19-12-21-23)22-9-8-15-6-4-5-7-16(15)11-22/h4-7,12-14,17H,3,8-11H2,1-2H3,(H,20,24)/t14-,17+/m1/s1. The molecule has 0 bridgehead atoms. The molecule has 0 radical (unpaired) electrons. The molecule has 2 aromatic rings. The fourth-order valence-corrected chi connectivity index (χ4v) is 3.26. The Morgan fingerprint density at radius 3 is 2.83 bits per heavy atom. The Balaban J connectivity index is 1.56. The molecule has 24 heavy (non-hydrogen) atoms. The molecule has 6 nitrogen and oxygen atoms in total. The second kappa shape index (κ2) is 7.57. The number of nitrogens with zero attached hydrogens (tertiary/aromatic N) is 4. The molecule has 0 unspecified atom stereocenters. The van der Waals surface area contributed by atoms with Gasteiger partial charge in [0.25, 0.3) is 0 Å². The number of benzene rings is 1. The zero-order chi connectivity index (χ0) is 16.9. The molecule has 0 aliphatic carbocycles. The first-order chi connectivity index (χ1) is 11.7. The van der Waals surface area contributed by atoms with Crippen LogP contribution in [0, 0.1) is 0 Å². The molecule has 1 aromatic carbocycles. The molecule has 1 aliphatic rings. The van der Waals surface area contributed by atoms with Crippen molar-refractivity contribution in [1.29, 1.82) is 0 Å². The van der Waals surface area contributed by atoms with Crippen molar-refractivity contribution in [1.82, 2.24) is 25.0 Å². The first-order valence-electron chi connectivity index (χ1n) is 8.61. The Kier molecular flexibility index (Phi) is 5.25. The van der Waals surface area contributed by atoms with Crippen molar-refractivity contribution in [2.75, 3.05) is 13.1 Å². The van der Waals surface area contributed by atoms with Gasteiger partial charge in [-0.15, -0.1) is 0 Å². The van der Waals surface area contributed by atoms with Crippen molar-refractivity contribution in [3.8, 4) is 0 Å². The van der Waals surface area contributed by atoms with E-state index in [-0.39, 0.29) is 11.9 Å². The van der Waals surface area contributed by atoms with Crippen molar-refractivity contribution in [3.05, 3.63) is 48.0 Å². The molecule has 2 atom stereocenters. The fraction of sp³-hybridized carbons (Fsp3) is 0.500. The normalized spacial score (nSPS) is 17.1. The van der Waals surface area contributed by atoms with Gasteiger partial charge < -0.3 is 5.32 Å². The molecule has 1 N–H and O–H groups in total. The van der Waals surface area contributed by atoms with E-state index in [4.69, 9.17) is 0 Å². The Labute approximate surface area is 142 Å². The third-order valence-electron chi connectivity index (χ3n) is 4.87. The largest absolute Gasteiger partial charge is 0.353 e.